The Morgan fingerprint density at radius 1 is 1.04 bits per heavy atom. The van der Waals surface area contributed by atoms with Crippen LogP contribution in [0.3, 0.4) is 0 Å². The molecule has 0 bridgehead atoms. The van der Waals surface area contributed by atoms with E-state index >= 15 is 0 Å². The highest BCUT2D eigenvalue weighted by Crippen LogP contribution is 2.19. The Morgan fingerprint density at radius 2 is 1.84 bits per heavy atom. The van der Waals surface area contributed by atoms with Gasteiger partial charge in [-0.15, -0.1) is 0 Å². The van der Waals surface area contributed by atoms with E-state index in [0.29, 0.717) is 30.2 Å². The van der Waals surface area contributed by atoms with Gasteiger partial charge in [-0.05, 0) is 49.6 Å². The van der Waals surface area contributed by atoms with E-state index in [9.17, 15) is 4.79 Å². The average molecular weight is 335 g/mol. The minimum atomic E-state index is -0.0956. The van der Waals surface area contributed by atoms with Crippen LogP contribution in [0.4, 0.5) is 0 Å². The van der Waals surface area contributed by atoms with E-state index in [2.05, 4.69) is 15.5 Å². The van der Waals surface area contributed by atoms with Crippen LogP contribution in [-0.4, -0.2) is 22.6 Å². The second-order valence-electron chi connectivity index (χ2n) is 6.13. The maximum absolute atomic E-state index is 12.2. The highest BCUT2D eigenvalue weighted by Gasteiger charge is 2.11. The zero-order valence-electron chi connectivity index (χ0n) is 14.7. The molecule has 0 aliphatic heterocycles. The van der Waals surface area contributed by atoms with Gasteiger partial charge < -0.3 is 9.84 Å². The first kappa shape index (κ1) is 16.9. The Kier molecular flexibility index (Phi) is 4.93. The number of benzene rings is 2. The van der Waals surface area contributed by atoms with E-state index in [1.54, 1.807) is 0 Å². The van der Waals surface area contributed by atoms with Crippen LogP contribution in [0.2, 0.25) is 0 Å². The molecule has 0 spiro atoms. The van der Waals surface area contributed by atoms with Crippen LogP contribution in [0, 0.1) is 20.8 Å². The summed E-state index contributed by atoms with van der Waals surface area (Å²) in [5.41, 5.74) is 4.99. The van der Waals surface area contributed by atoms with Gasteiger partial charge in [0.15, 0.2) is 0 Å². The molecule has 0 unspecified atom stereocenters. The molecule has 3 aromatic rings. The average Bonchev–Trinajstić information content (AvgIpc) is 3.06. The Balaban J connectivity index is 1.58. The van der Waals surface area contributed by atoms with Crippen LogP contribution in [0.1, 0.15) is 32.9 Å². The van der Waals surface area contributed by atoms with Crippen molar-refractivity contribution in [3.63, 3.8) is 0 Å². The van der Waals surface area contributed by atoms with Crippen molar-refractivity contribution in [2.75, 3.05) is 6.54 Å². The molecule has 0 atom stereocenters. The third kappa shape index (κ3) is 3.94. The van der Waals surface area contributed by atoms with Gasteiger partial charge in [0.05, 0.1) is 0 Å². The first-order chi connectivity index (χ1) is 12.0. The molecule has 5 nitrogen and oxygen atoms in total. The summed E-state index contributed by atoms with van der Waals surface area (Å²) in [6.45, 7) is 6.48. The van der Waals surface area contributed by atoms with Crippen LogP contribution >= 0.6 is 0 Å². The molecule has 0 aliphatic carbocycles. The lowest BCUT2D eigenvalue weighted by molar-refractivity contribution is 0.0953. The number of rotatable bonds is 5. The second kappa shape index (κ2) is 7.30. The molecule has 1 N–H and O–H groups in total. The van der Waals surface area contributed by atoms with Crippen molar-refractivity contribution in [2.24, 2.45) is 0 Å². The van der Waals surface area contributed by atoms with Gasteiger partial charge in [-0.1, -0.05) is 35.5 Å². The topological polar surface area (TPSA) is 68.0 Å². The fraction of sp³-hybridized carbons (Fsp3) is 0.250. The molecule has 5 heteroatoms. The fourth-order valence-electron chi connectivity index (χ4n) is 2.56. The zero-order valence-corrected chi connectivity index (χ0v) is 14.7. The van der Waals surface area contributed by atoms with Gasteiger partial charge in [0.25, 0.3) is 5.91 Å². The molecule has 0 radical (unpaired) electrons. The quantitative estimate of drug-likeness (QED) is 0.773. The maximum atomic E-state index is 12.2. The van der Waals surface area contributed by atoms with Gasteiger partial charge in [0.1, 0.15) is 0 Å². The summed E-state index contributed by atoms with van der Waals surface area (Å²) in [7, 11) is 0. The summed E-state index contributed by atoms with van der Waals surface area (Å²) in [5, 5.41) is 6.91. The normalized spacial score (nSPS) is 10.7. The number of carbonyl (C=O) groups excluding carboxylic acids is 1. The van der Waals surface area contributed by atoms with Gasteiger partial charge in [-0.2, -0.15) is 4.98 Å². The minimum absolute atomic E-state index is 0.0956. The number of amides is 1. The molecule has 0 saturated carbocycles. The van der Waals surface area contributed by atoms with E-state index in [4.69, 9.17) is 4.52 Å². The van der Waals surface area contributed by atoms with E-state index < -0.39 is 0 Å². The monoisotopic (exact) mass is 335 g/mol. The standard InChI is InChI=1S/C20H21N3O2/c1-13-8-9-16(12-15(13)3)20(24)21-11-10-18-22-19(23-25-18)17-7-5-4-6-14(17)2/h4-9,12H,10-11H2,1-3H3,(H,21,24). The van der Waals surface area contributed by atoms with Crippen molar-refractivity contribution >= 4 is 5.91 Å². The number of aromatic nitrogens is 2. The zero-order chi connectivity index (χ0) is 17.8. The van der Waals surface area contributed by atoms with Crippen molar-refractivity contribution in [3.05, 3.63) is 70.6 Å². The van der Waals surface area contributed by atoms with Crippen LogP contribution in [-0.2, 0) is 6.42 Å². The summed E-state index contributed by atoms with van der Waals surface area (Å²) < 4.78 is 5.28. The summed E-state index contributed by atoms with van der Waals surface area (Å²) in [4.78, 5) is 16.6. The van der Waals surface area contributed by atoms with Gasteiger partial charge in [-0.3, -0.25) is 4.79 Å². The maximum Gasteiger partial charge on any atom is 0.251 e. The van der Waals surface area contributed by atoms with E-state index in [1.165, 1.54) is 5.56 Å². The van der Waals surface area contributed by atoms with E-state index in [1.807, 2.05) is 63.2 Å². The van der Waals surface area contributed by atoms with Crippen LogP contribution in [0.15, 0.2) is 47.0 Å². The molecule has 0 saturated heterocycles. The Morgan fingerprint density at radius 3 is 2.60 bits per heavy atom. The molecule has 0 fully saturated rings. The Labute approximate surface area is 147 Å². The molecular formula is C20H21N3O2. The summed E-state index contributed by atoms with van der Waals surface area (Å²) in [5.74, 6) is 0.994. The largest absolute Gasteiger partial charge is 0.352 e. The van der Waals surface area contributed by atoms with Crippen molar-refractivity contribution in [2.45, 2.75) is 27.2 Å². The minimum Gasteiger partial charge on any atom is -0.352 e. The molecule has 0 aliphatic rings. The van der Waals surface area contributed by atoms with Crippen molar-refractivity contribution in [3.8, 4) is 11.4 Å². The second-order valence-corrected chi connectivity index (χ2v) is 6.13. The number of carbonyl (C=O) groups is 1. The molecule has 1 aromatic heterocycles. The summed E-state index contributed by atoms with van der Waals surface area (Å²) in [6.07, 6.45) is 0.496. The third-order valence-electron chi connectivity index (χ3n) is 4.25. The fourth-order valence-corrected chi connectivity index (χ4v) is 2.56. The first-order valence-electron chi connectivity index (χ1n) is 8.28. The van der Waals surface area contributed by atoms with Gasteiger partial charge in [-0.25, -0.2) is 0 Å². The number of nitrogens with one attached hydrogen (secondary N) is 1. The smallest absolute Gasteiger partial charge is 0.251 e. The van der Waals surface area contributed by atoms with Crippen molar-refractivity contribution in [1.82, 2.24) is 15.5 Å². The van der Waals surface area contributed by atoms with E-state index in [0.717, 1.165) is 16.7 Å². The molecule has 1 amide bonds. The SMILES string of the molecule is Cc1ccc(C(=O)NCCc2nc(-c3ccccc3C)no2)cc1C. The summed E-state index contributed by atoms with van der Waals surface area (Å²) in [6, 6.07) is 13.6. The lowest BCUT2D eigenvalue weighted by Crippen LogP contribution is -2.25. The number of nitrogens with zero attached hydrogens (tertiary/aromatic N) is 2. The Bertz CT molecular complexity index is 899. The summed E-state index contributed by atoms with van der Waals surface area (Å²) >= 11 is 0. The molecule has 3 rings (SSSR count). The predicted octanol–water partition coefficient (Wildman–Crippen LogP) is 3.63. The van der Waals surface area contributed by atoms with Crippen molar-refractivity contribution in [1.29, 1.82) is 0 Å². The number of hydrogen-bond acceptors (Lipinski definition) is 4. The predicted molar refractivity (Wildman–Crippen MR) is 96.4 cm³/mol. The van der Waals surface area contributed by atoms with Crippen LogP contribution < -0.4 is 5.32 Å². The highest BCUT2D eigenvalue weighted by molar-refractivity contribution is 5.94. The number of hydrogen-bond donors (Lipinski definition) is 1. The number of aryl methyl sites for hydroxylation is 3. The van der Waals surface area contributed by atoms with E-state index in [-0.39, 0.29) is 5.91 Å². The highest BCUT2D eigenvalue weighted by atomic mass is 16.5. The molecule has 1 heterocycles. The van der Waals surface area contributed by atoms with Crippen molar-refractivity contribution < 1.29 is 9.32 Å². The molecule has 128 valence electrons. The first-order valence-corrected chi connectivity index (χ1v) is 8.28. The lowest BCUT2D eigenvalue weighted by Gasteiger charge is -2.06. The van der Waals surface area contributed by atoms with Gasteiger partial charge in [0, 0.05) is 24.1 Å². The van der Waals surface area contributed by atoms with Crippen LogP contribution in [0.25, 0.3) is 11.4 Å². The van der Waals surface area contributed by atoms with Gasteiger partial charge in [0.2, 0.25) is 11.7 Å². The Hall–Kier alpha value is -2.95. The van der Waals surface area contributed by atoms with Gasteiger partial charge >= 0.3 is 0 Å². The molecule has 2 aromatic carbocycles. The third-order valence-corrected chi connectivity index (χ3v) is 4.25. The van der Waals surface area contributed by atoms with Crippen LogP contribution in [0.5, 0.6) is 0 Å². The lowest BCUT2D eigenvalue weighted by atomic mass is 10.1. The molecule has 25 heavy (non-hydrogen) atoms. The molecular weight excluding hydrogens is 314 g/mol.